The predicted octanol–water partition coefficient (Wildman–Crippen LogP) is 2.00. The summed E-state index contributed by atoms with van der Waals surface area (Å²) in [7, 11) is 1.33. The summed E-state index contributed by atoms with van der Waals surface area (Å²) in [6, 6.07) is 6.01. The minimum absolute atomic E-state index is 0.301. The number of hydrogen-bond donors (Lipinski definition) is 0. The standard InChI is InChI=1S/C12H13FO3/c1-3-12(10(16-12)11(14)15-2)8-4-6-9(13)7-5-8/h4-7,10H,3H2,1-2H3. The van der Waals surface area contributed by atoms with Gasteiger partial charge in [-0.3, -0.25) is 0 Å². The maximum absolute atomic E-state index is 12.8. The molecule has 4 heteroatoms. The van der Waals surface area contributed by atoms with Gasteiger partial charge in [-0.25, -0.2) is 9.18 Å². The lowest BCUT2D eigenvalue weighted by Crippen LogP contribution is -2.19. The Kier molecular flexibility index (Phi) is 2.68. The second-order valence-electron chi connectivity index (χ2n) is 3.77. The van der Waals surface area contributed by atoms with Crippen LogP contribution in [0.4, 0.5) is 4.39 Å². The maximum atomic E-state index is 12.8. The number of ether oxygens (including phenoxy) is 2. The molecule has 1 aromatic carbocycles. The van der Waals surface area contributed by atoms with Gasteiger partial charge in [0.1, 0.15) is 11.4 Å². The van der Waals surface area contributed by atoms with Gasteiger partial charge in [-0.2, -0.15) is 0 Å². The average molecular weight is 224 g/mol. The molecule has 1 heterocycles. The molecule has 16 heavy (non-hydrogen) atoms. The molecule has 0 aromatic heterocycles. The Morgan fingerprint density at radius 3 is 2.62 bits per heavy atom. The minimum atomic E-state index is -0.624. The van der Waals surface area contributed by atoms with E-state index in [0.29, 0.717) is 6.42 Å². The fraction of sp³-hybridized carbons (Fsp3) is 0.417. The number of halogens is 1. The third-order valence-corrected chi connectivity index (χ3v) is 2.97. The van der Waals surface area contributed by atoms with E-state index in [-0.39, 0.29) is 11.8 Å². The Balaban J connectivity index is 2.25. The quantitative estimate of drug-likeness (QED) is 0.582. The normalized spacial score (nSPS) is 27.6. The van der Waals surface area contributed by atoms with Crippen LogP contribution in [0.25, 0.3) is 0 Å². The van der Waals surface area contributed by atoms with E-state index in [4.69, 9.17) is 4.74 Å². The first-order chi connectivity index (χ1) is 7.64. The molecule has 2 rings (SSSR count). The maximum Gasteiger partial charge on any atom is 0.338 e. The number of epoxide rings is 1. The molecule has 1 fully saturated rings. The van der Waals surface area contributed by atoms with Gasteiger partial charge in [0.25, 0.3) is 0 Å². The van der Waals surface area contributed by atoms with Crippen LogP contribution in [-0.4, -0.2) is 19.2 Å². The fourth-order valence-electron chi connectivity index (χ4n) is 1.95. The molecule has 2 atom stereocenters. The van der Waals surface area contributed by atoms with Crippen molar-refractivity contribution < 1.29 is 18.7 Å². The summed E-state index contributed by atoms with van der Waals surface area (Å²) in [4.78, 5) is 11.4. The number of esters is 1. The van der Waals surface area contributed by atoms with Crippen LogP contribution in [0.5, 0.6) is 0 Å². The predicted molar refractivity (Wildman–Crippen MR) is 55.3 cm³/mol. The second kappa shape index (κ2) is 3.87. The van der Waals surface area contributed by atoms with E-state index in [1.807, 2.05) is 6.92 Å². The lowest BCUT2D eigenvalue weighted by molar-refractivity contribution is -0.142. The summed E-state index contributed by atoms with van der Waals surface area (Å²) in [5.74, 6) is -0.684. The summed E-state index contributed by atoms with van der Waals surface area (Å²) < 4.78 is 22.9. The lowest BCUT2D eigenvalue weighted by Gasteiger charge is -2.09. The van der Waals surface area contributed by atoms with Crippen LogP contribution in [-0.2, 0) is 19.9 Å². The van der Waals surface area contributed by atoms with Gasteiger partial charge in [-0.05, 0) is 24.1 Å². The summed E-state index contributed by atoms with van der Waals surface area (Å²) >= 11 is 0. The van der Waals surface area contributed by atoms with Crippen LogP contribution in [0, 0.1) is 5.82 Å². The second-order valence-corrected chi connectivity index (χ2v) is 3.77. The Hall–Kier alpha value is -1.42. The van der Waals surface area contributed by atoms with Crippen molar-refractivity contribution in [3.05, 3.63) is 35.6 Å². The van der Waals surface area contributed by atoms with Crippen molar-refractivity contribution in [2.45, 2.75) is 25.0 Å². The summed E-state index contributed by atoms with van der Waals surface area (Å²) in [6.45, 7) is 1.92. The zero-order valence-electron chi connectivity index (χ0n) is 9.20. The summed E-state index contributed by atoms with van der Waals surface area (Å²) in [5, 5.41) is 0. The fourth-order valence-corrected chi connectivity index (χ4v) is 1.95. The van der Waals surface area contributed by atoms with Gasteiger partial charge < -0.3 is 9.47 Å². The first-order valence-electron chi connectivity index (χ1n) is 5.15. The van der Waals surface area contributed by atoms with Crippen molar-refractivity contribution >= 4 is 5.97 Å². The molecule has 0 spiro atoms. The zero-order chi connectivity index (χ0) is 11.8. The highest BCUT2D eigenvalue weighted by atomic mass is 19.1. The van der Waals surface area contributed by atoms with E-state index in [2.05, 4.69) is 4.74 Å². The molecule has 0 aliphatic carbocycles. The van der Waals surface area contributed by atoms with Gasteiger partial charge in [-0.1, -0.05) is 19.1 Å². The number of benzene rings is 1. The van der Waals surface area contributed by atoms with E-state index in [9.17, 15) is 9.18 Å². The molecule has 0 saturated carbocycles. The van der Waals surface area contributed by atoms with E-state index in [0.717, 1.165) is 5.56 Å². The molecular formula is C12H13FO3. The molecule has 86 valence electrons. The molecule has 0 bridgehead atoms. The molecule has 1 saturated heterocycles. The van der Waals surface area contributed by atoms with E-state index >= 15 is 0 Å². The molecule has 1 aromatic rings. The van der Waals surface area contributed by atoms with Crippen LogP contribution in [0.2, 0.25) is 0 Å². The van der Waals surface area contributed by atoms with Gasteiger partial charge in [0.2, 0.25) is 0 Å². The monoisotopic (exact) mass is 224 g/mol. The number of rotatable bonds is 3. The van der Waals surface area contributed by atoms with Crippen molar-refractivity contribution in [3.8, 4) is 0 Å². The molecule has 0 N–H and O–H groups in total. The molecule has 1 aliphatic heterocycles. The molecule has 0 radical (unpaired) electrons. The highest BCUT2D eigenvalue weighted by Gasteiger charge is 2.61. The zero-order valence-corrected chi connectivity index (χ0v) is 9.20. The van der Waals surface area contributed by atoms with E-state index in [1.165, 1.54) is 19.2 Å². The average Bonchev–Trinajstić information content (AvgIpc) is 3.05. The van der Waals surface area contributed by atoms with Gasteiger partial charge in [0, 0.05) is 0 Å². The first kappa shape index (κ1) is 11.1. The van der Waals surface area contributed by atoms with Gasteiger partial charge in [-0.15, -0.1) is 0 Å². The molecule has 1 aliphatic rings. The van der Waals surface area contributed by atoms with Crippen LogP contribution < -0.4 is 0 Å². The Morgan fingerprint density at radius 1 is 1.50 bits per heavy atom. The van der Waals surface area contributed by atoms with Gasteiger partial charge in [0.15, 0.2) is 6.10 Å². The Morgan fingerprint density at radius 2 is 2.12 bits per heavy atom. The van der Waals surface area contributed by atoms with Crippen molar-refractivity contribution in [1.29, 1.82) is 0 Å². The smallest absolute Gasteiger partial charge is 0.338 e. The third-order valence-electron chi connectivity index (χ3n) is 2.97. The molecule has 2 unspecified atom stereocenters. The van der Waals surface area contributed by atoms with Crippen LogP contribution in [0.3, 0.4) is 0 Å². The van der Waals surface area contributed by atoms with Crippen LogP contribution >= 0.6 is 0 Å². The number of carbonyl (C=O) groups is 1. The Bertz CT molecular complexity index is 401. The Labute approximate surface area is 93.2 Å². The van der Waals surface area contributed by atoms with Crippen molar-refractivity contribution in [2.24, 2.45) is 0 Å². The molecule has 3 nitrogen and oxygen atoms in total. The first-order valence-corrected chi connectivity index (χ1v) is 5.15. The van der Waals surface area contributed by atoms with E-state index < -0.39 is 11.7 Å². The minimum Gasteiger partial charge on any atom is -0.467 e. The lowest BCUT2D eigenvalue weighted by atomic mass is 9.93. The largest absolute Gasteiger partial charge is 0.467 e. The molecular weight excluding hydrogens is 211 g/mol. The van der Waals surface area contributed by atoms with Crippen molar-refractivity contribution in [2.75, 3.05) is 7.11 Å². The highest BCUT2D eigenvalue weighted by Crippen LogP contribution is 2.49. The van der Waals surface area contributed by atoms with Crippen molar-refractivity contribution in [1.82, 2.24) is 0 Å². The van der Waals surface area contributed by atoms with Crippen LogP contribution in [0.1, 0.15) is 18.9 Å². The topological polar surface area (TPSA) is 38.8 Å². The number of hydrogen-bond acceptors (Lipinski definition) is 3. The number of methoxy groups -OCH3 is 1. The summed E-state index contributed by atoms with van der Waals surface area (Å²) in [5.41, 5.74) is 0.188. The van der Waals surface area contributed by atoms with Crippen molar-refractivity contribution in [3.63, 3.8) is 0 Å². The van der Waals surface area contributed by atoms with E-state index in [1.54, 1.807) is 12.1 Å². The van der Waals surface area contributed by atoms with Gasteiger partial charge in [0.05, 0.1) is 7.11 Å². The molecule has 0 amide bonds. The van der Waals surface area contributed by atoms with Gasteiger partial charge >= 0.3 is 5.97 Å². The SMILES string of the molecule is CCC1(c2ccc(F)cc2)OC1C(=O)OC. The third kappa shape index (κ3) is 1.59. The summed E-state index contributed by atoms with van der Waals surface area (Å²) in [6.07, 6.45) is 0.0891. The number of carbonyl (C=O) groups excluding carboxylic acids is 1. The highest BCUT2D eigenvalue weighted by molar-refractivity contribution is 5.79. The van der Waals surface area contributed by atoms with Crippen LogP contribution in [0.15, 0.2) is 24.3 Å².